The van der Waals surface area contributed by atoms with Gasteiger partial charge in [0.05, 0.1) is 0 Å². The second kappa shape index (κ2) is 12.4. The lowest BCUT2D eigenvalue weighted by molar-refractivity contribution is -0.127. The molecule has 29 heavy (non-hydrogen) atoms. The maximum atomic E-state index is 12.0. The van der Waals surface area contributed by atoms with E-state index in [1.54, 1.807) is 25.3 Å². The molecule has 0 saturated heterocycles. The lowest BCUT2D eigenvalue weighted by atomic mass is 10.1. The molecule has 1 amide bonds. The van der Waals surface area contributed by atoms with Gasteiger partial charge < -0.3 is 19.7 Å². The molecule has 1 heterocycles. The number of nitrogens with one attached hydrogen (secondary N) is 1. The fraction of sp³-hybridized carbons (Fsp3) is 0.500. The van der Waals surface area contributed by atoms with Crippen LogP contribution in [0.2, 0.25) is 0 Å². The van der Waals surface area contributed by atoms with Crippen molar-refractivity contribution in [3.8, 4) is 0 Å². The molecule has 0 atom stereocenters. The fourth-order valence-electron chi connectivity index (χ4n) is 2.74. The van der Waals surface area contributed by atoms with Gasteiger partial charge in [-0.1, -0.05) is 31.2 Å². The molecule has 2 aromatic rings. The van der Waals surface area contributed by atoms with Crippen molar-refractivity contribution in [1.29, 1.82) is 0 Å². The van der Waals surface area contributed by atoms with Gasteiger partial charge in [0.25, 0.3) is 0 Å². The van der Waals surface area contributed by atoms with E-state index in [4.69, 9.17) is 0 Å². The Morgan fingerprint density at radius 1 is 1.24 bits per heavy atom. The van der Waals surface area contributed by atoms with Crippen LogP contribution in [0.15, 0.2) is 35.6 Å². The average molecular weight is 513 g/mol. The monoisotopic (exact) mass is 513 g/mol. The first-order valence-corrected chi connectivity index (χ1v) is 9.53. The topological polar surface area (TPSA) is 78.6 Å². The summed E-state index contributed by atoms with van der Waals surface area (Å²) in [7, 11) is 5.45. The Morgan fingerprint density at radius 2 is 1.97 bits per heavy atom. The number of nitrogens with zero attached hydrogens (tertiary/aromatic N) is 6. The van der Waals surface area contributed by atoms with Crippen molar-refractivity contribution >= 4 is 35.8 Å². The summed E-state index contributed by atoms with van der Waals surface area (Å²) in [5.74, 6) is 1.62. The Morgan fingerprint density at radius 3 is 2.62 bits per heavy atom. The van der Waals surface area contributed by atoms with E-state index < -0.39 is 0 Å². The summed E-state index contributed by atoms with van der Waals surface area (Å²) < 4.78 is 2.02. The number of amides is 1. The lowest BCUT2D eigenvalue weighted by Gasteiger charge is -2.24. The lowest BCUT2D eigenvalue weighted by Crippen LogP contribution is -2.41. The molecule has 1 aromatic carbocycles. The fourth-order valence-corrected chi connectivity index (χ4v) is 2.74. The Balaban J connectivity index is 0.00000420. The van der Waals surface area contributed by atoms with Gasteiger partial charge in [-0.25, -0.2) is 4.99 Å². The number of hydrogen-bond donors (Lipinski definition) is 1. The van der Waals surface area contributed by atoms with Gasteiger partial charge in [-0.3, -0.25) is 4.79 Å². The van der Waals surface area contributed by atoms with Crippen molar-refractivity contribution in [2.75, 3.05) is 34.2 Å². The number of carbonyl (C=O) groups excluding carboxylic acids is 1. The Kier molecular flexibility index (Phi) is 10.6. The number of benzene rings is 1. The predicted molar refractivity (Wildman–Crippen MR) is 126 cm³/mol. The SMILES string of the molecule is CCc1nncn1CCNC(=NCC(=O)N(C)C)N(C)Cc1ccccc1C.I. The van der Waals surface area contributed by atoms with Crippen molar-refractivity contribution in [3.05, 3.63) is 47.5 Å². The van der Waals surface area contributed by atoms with Gasteiger partial charge in [-0.15, -0.1) is 34.2 Å². The number of rotatable bonds is 8. The second-order valence-corrected chi connectivity index (χ2v) is 6.93. The van der Waals surface area contributed by atoms with E-state index in [0.717, 1.165) is 18.8 Å². The van der Waals surface area contributed by atoms with Crippen LogP contribution in [-0.4, -0.2) is 70.7 Å². The van der Waals surface area contributed by atoms with Crippen LogP contribution in [0.25, 0.3) is 0 Å². The van der Waals surface area contributed by atoms with Crippen molar-refractivity contribution in [1.82, 2.24) is 29.9 Å². The van der Waals surface area contributed by atoms with Gasteiger partial charge >= 0.3 is 0 Å². The largest absolute Gasteiger partial charge is 0.354 e. The van der Waals surface area contributed by atoms with Crippen LogP contribution < -0.4 is 5.32 Å². The molecule has 0 bridgehead atoms. The molecule has 9 heteroatoms. The molecule has 2 rings (SSSR count). The number of likely N-dealkylation sites (N-methyl/N-ethyl adjacent to an activating group) is 1. The van der Waals surface area contributed by atoms with Crippen molar-refractivity contribution in [2.24, 2.45) is 4.99 Å². The zero-order chi connectivity index (χ0) is 20.5. The summed E-state index contributed by atoms with van der Waals surface area (Å²) >= 11 is 0. The average Bonchev–Trinajstić information content (AvgIpc) is 3.13. The molecule has 1 N–H and O–H groups in total. The minimum atomic E-state index is -0.0318. The molecule has 0 radical (unpaired) electrons. The van der Waals surface area contributed by atoms with Crippen molar-refractivity contribution in [2.45, 2.75) is 33.4 Å². The number of halogens is 1. The number of carbonyl (C=O) groups is 1. The zero-order valence-corrected chi connectivity index (χ0v) is 20.3. The summed E-state index contributed by atoms with van der Waals surface area (Å²) in [5, 5.41) is 11.4. The smallest absolute Gasteiger partial charge is 0.243 e. The van der Waals surface area contributed by atoms with Crippen LogP contribution in [0.4, 0.5) is 0 Å². The van der Waals surface area contributed by atoms with Crippen LogP contribution in [0.5, 0.6) is 0 Å². The highest BCUT2D eigenvalue weighted by molar-refractivity contribution is 14.0. The van der Waals surface area contributed by atoms with E-state index in [-0.39, 0.29) is 36.4 Å². The zero-order valence-electron chi connectivity index (χ0n) is 17.9. The molecule has 0 aliphatic carbocycles. The van der Waals surface area contributed by atoms with E-state index in [0.29, 0.717) is 19.0 Å². The molecular formula is C20H32IN7O. The molecule has 0 fully saturated rings. The van der Waals surface area contributed by atoms with E-state index in [9.17, 15) is 4.79 Å². The third-order valence-electron chi connectivity index (χ3n) is 4.54. The molecule has 0 aliphatic rings. The molecule has 8 nitrogen and oxygen atoms in total. The van der Waals surface area contributed by atoms with Gasteiger partial charge in [0, 0.05) is 47.2 Å². The molecule has 0 saturated carbocycles. The van der Waals surface area contributed by atoms with Crippen LogP contribution in [0.3, 0.4) is 0 Å². The molecule has 0 unspecified atom stereocenters. The summed E-state index contributed by atoms with van der Waals surface area (Å²) in [6.45, 7) is 6.37. The Bertz CT molecular complexity index is 804. The summed E-state index contributed by atoms with van der Waals surface area (Å²) in [6, 6.07) is 8.28. The third-order valence-corrected chi connectivity index (χ3v) is 4.54. The first kappa shape index (κ1) is 24.9. The number of hydrogen-bond acceptors (Lipinski definition) is 4. The standard InChI is InChI=1S/C20H31N7O.HI/c1-6-18-24-23-15-27(18)12-11-21-20(22-13-19(28)25(3)4)26(5)14-17-10-8-7-9-16(17)2;/h7-10,15H,6,11-14H2,1-5H3,(H,21,22);1H. The van der Waals surface area contributed by atoms with E-state index in [2.05, 4.69) is 46.5 Å². The van der Waals surface area contributed by atoms with Crippen molar-refractivity contribution in [3.63, 3.8) is 0 Å². The van der Waals surface area contributed by atoms with E-state index in [1.165, 1.54) is 11.1 Å². The summed E-state index contributed by atoms with van der Waals surface area (Å²) in [5.41, 5.74) is 2.46. The summed E-state index contributed by atoms with van der Waals surface area (Å²) in [6.07, 6.45) is 2.58. The Labute approximate surface area is 190 Å². The predicted octanol–water partition coefficient (Wildman–Crippen LogP) is 1.93. The number of aliphatic imine (C=N–C) groups is 1. The van der Waals surface area contributed by atoms with E-state index >= 15 is 0 Å². The van der Waals surface area contributed by atoms with E-state index in [1.807, 2.05) is 28.6 Å². The molecule has 0 spiro atoms. The van der Waals surface area contributed by atoms with Gasteiger partial charge in [-0.2, -0.15) is 0 Å². The maximum absolute atomic E-state index is 12.0. The molecule has 0 aliphatic heterocycles. The number of guanidine groups is 1. The minimum Gasteiger partial charge on any atom is -0.354 e. The van der Waals surface area contributed by atoms with Gasteiger partial charge in [0.15, 0.2) is 5.96 Å². The third kappa shape index (κ3) is 7.64. The minimum absolute atomic E-state index is 0. The molecular weight excluding hydrogens is 481 g/mol. The Hall–Kier alpha value is -2.17. The van der Waals surface area contributed by atoms with Crippen LogP contribution in [0, 0.1) is 6.92 Å². The highest BCUT2D eigenvalue weighted by Crippen LogP contribution is 2.09. The first-order chi connectivity index (χ1) is 13.4. The normalized spacial score (nSPS) is 11.0. The highest BCUT2D eigenvalue weighted by Gasteiger charge is 2.11. The van der Waals surface area contributed by atoms with Gasteiger partial charge in [0.2, 0.25) is 5.91 Å². The molecule has 160 valence electrons. The van der Waals surface area contributed by atoms with Crippen LogP contribution in [-0.2, 0) is 24.3 Å². The number of aryl methyl sites for hydroxylation is 2. The quantitative estimate of drug-likeness (QED) is 0.332. The van der Waals surface area contributed by atoms with Crippen LogP contribution in [0.1, 0.15) is 23.9 Å². The first-order valence-electron chi connectivity index (χ1n) is 9.53. The second-order valence-electron chi connectivity index (χ2n) is 6.93. The summed E-state index contributed by atoms with van der Waals surface area (Å²) in [4.78, 5) is 20.1. The highest BCUT2D eigenvalue weighted by atomic mass is 127. The van der Waals surface area contributed by atoms with Gasteiger partial charge in [0.1, 0.15) is 18.7 Å². The van der Waals surface area contributed by atoms with Crippen molar-refractivity contribution < 1.29 is 4.79 Å². The number of aromatic nitrogens is 3. The maximum Gasteiger partial charge on any atom is 0.243 e. The van der Waals surface area contributed by atoms with Gasteiger partial charge in [-0.05, 0) is 18.1 Å². The molecule has 1 aromatic heterocycles. The van der Waals surface area contributed by atoms with Crippen LogP contribution >= 0.6 is 24.0 Å².